The summed E-state index contributed by atoms with van der Waals surface area (Å²) in [5, 5.41) is 4.96. The summed E-state index contributed by atoms with van der Waals surface area (Å²) >= 11 is 0. The first kappa shape index (κ1) is 27.5. The zero-order valence-corrected chi connectivity index (χ0v) is 21.0. The zero-order chi connectivity index (χ0) is 28.0. The molecule has 2 aliphatic rings. The molecule has 2 N–H and O–H groups in total. The van der Waals surface area contributed by atoms with Crippen LogP contribution in [0.2, 0.25) is 0 Å². The molecule has 1 aromatic heterocycles. The number of amides is 3. The van der Waals surface area contributed by atoms with E-state index in [0.717, 1.165) is 31.2 Å². The SMILES string of the molecule is CC1CCC(C)N1C(=O)c1cc(F)c([C@@H](C)NC(=O)C2(NC(=O)c3cncc(C(F)(F)F)c3)CC2)cc1F. The Balaban J connectivity index is 1.46. The maximum atomic E-state index is 15.0. The summed E-state index contributed by atoms with van der Waals surface area (Å²) in [7, 11) is 0. The van der Waals surface area contributed by atoms with Gasteiger partial charge in [0.2, 0.25) is 5.91 Å². The first-order chi connectivity index (χ1) is 17.7. The molecule has 2 unspecified atom stereocenters. The minimum Gasteiger partial charge on any atom is -0.347 e. The van der Waals surface area contributed by atoms with Crippen LogP contribution < -0.4 is 10.6 Å². The van der Waals surface area contributed by atoms with Crippen LogP contribution in [0.3, 0.4) is 0 Å². The highest BCUT2D eigenvalue weighted by Gasteiger charge is 2.51. The number of nitrogens with zero attached hydrogens (tertiary/aromatic N) is 2. The number of pyridine rings is 1. The molecule has 2 heterocycles. The van der Waals surface area contributed by atoms with Crippen molar-refractivity contribution in [2.24, 2.45) is 0 Å². The number of nitrogens with one attached hydrogen (secondary N) is 2. The van der Waals surface area contributed by atoms with Crippen LogP contribution in [0.25, 0.3) is 0 Å². The first-order valence-corrected chi connectivity index (χ1v) is 12.2. The Kier molecular flexibility index (Phi) is 7.19. The molecule has 0 bridgehead atoms. The molecule has 7 nitrogen and oxygen atoms in total. The summed E-state index contributed by atoms with van der Waals surface area (Å²) < 4.78 is 68.8. The largest absolute Gasteiger partial charge is 0.417 e. The predicted octanol–water partition coefficient (Wildman–Crippen LogP) is 4.53. The van der Waals surface area contributed by atoms with Crippen LogP contribution in [-0.2, 0) is 11.0 Å². The van der Waals surface area contributed by atoms with Gasteiger partial charge < -0.3 is 15.5 Å². The van der Waals surface area contributed by atoms with E-state index in [0.29, 0.717) is 12.3 Å². The van der Waals surface area contributed by atoms with Gasteiger partial charge in [0.05, 0.1) is 22.7 Å². The second-order valence-corrected chi connectivity index (χ2v) is 10.0. The first-order valence-electron chi connectivity index (χ1n) is 12.2. The van der Waals surface area contributed by atoms with Crippen molar-refractivity contribution < 1.29 is 36.3 Å². The van der Waals surface area contributed by atoms with Gasteiger partial charge in [-0.2, -0.15) is 13.2 Å². The lowest BCUT2D eigenvalue weighted by Gasteiger charge is -2.27. The number of rotatable bonds is 6. The Morgan fingerprint density at radius 3 is 2.24 bits per heavy atom. The van der Waals surface area contributed by atoms with Gasteiger partial charge in [0.1, 0.15) is 17.2 Å². The topological polar surface area (TPSA) is 91.4 Å². The van der Waals surface area contributed by atoms with Crippen molar-refractivity contribution in [3.63, 3.8) is 0 Å². The monoisotopic (exact) mass is 538 g/mol. The third-order valence-electron chi connectivity index (χ3n) is 7.18. The molecule has 2 fully saturated rings. The van der Waals surface area contributed by atoms with Gasteiger partial charge in [-0.3, -0.25) is 19.4 Å². The van der Waals surface area contributed by atoms with Crippen LogP contribution >= 0.6 is 0 Å². The highest BCUT2D eigenvalue weighted by molar-refractivity contribution is 6.00. The summed E-state index contributed by atoms with van der Waals surface area (Å²) in [6, 6.07) is 1.08. The van der Waals surface area contributed by atoms with Crippen molar-refractivity contribution in [1.82, 2.24) is 20.5 Å². The molecule has 1 aromatic carbocycles. The highest BCUT2D eigenvalue weighted by Crippen LogP contribution is 2.37. The molecule has 3 atom stereocenters. The summed E-state index contributed by atoms with van der Waals surface area (Å²) in [6.45, 7) is 5.10. The molecule has 1 saturated carbocycles. The van der Waals surface area contributed by atoms with E-state index in [2.05, 4.69) is 15.6 Å². The van der Waals surface area contributed by atoms with Gasteiger partial charge in [-0.05, 0) is 64.7 Å². The smallest absolute Gasteiger partial charge is 0.347 e. The second kappa shape index (κ2) is 9.95. The molecule has 3 amide bonds. The molecular weight excluding hydrogens is 511 g/mol. The van der Waals surface area contributed by atoms with E-state index in [-0.39, 0.29) is 36.1 Å². The van der Waals surface area contributed by atoms with E-state index in [1.807, 2.05) is 13.8 Å². The Bertz CT molecular complexity index is 1270. The molecule has 4 rings (SSSR count). The van der Waals surface area contributed by atoms with Crippen molar-refractivity contribution in [3.8, 4) is 0 Å². The van der Waals surface area contributed by atoms with E-state index in [1.54, 1.807) is 0 Å². The Morgan fingerprint density at radius 2 is 1.66 bits per heavy atom. The van der Waals surface area contributed by atoms with Crippen molar-refractivity contribution in [1.29, 1.82) is 0 Å². The molecule has 12 heteroatoms. The van der Waals surface area contributed by atoms with Gasteiger partial charge in [0.25, 0.3) is 11.8 Å². The quantitative estimate of drug-likeness (QED) is 0.529. The van der Waals surface area contributed by atoms with Gasteiger partial charge in [-0.1, -0.05) is 0 Å². The molecule has 2 aromatic rings. The minimum absolute atomic E-state index is 0.102. The van der Waals surface area contributed by atoms with E-state index in [4.69, 9.17) is 0 Å². The number of carbonyl (C=O) groups excluding carboxylic acids is 3. The molecule has 204 valence electrons. The van der Waals surface area contributed by atoms with Crippen LogP contribution in [0.5, 0.6) is 0 Å². The summed E-state index contributed by atoms with van der Waals surface area (Å²) in [6.07, 6.45) is -1.22. The van der Waals surface area contributed by atoms with Gasteiger partial charge in [-0.15, -0.1) is 0 Å². The van der Waals surface area contributed by atoms with Crippen molar-refractivity contribution in [3.05, 3.63) is 64.5 Å². The van der Waals surface area contributed by atoms with E-state index in [1.165, 1.54) is 11.8 Å². The van der Waals surface area contributed by atoms with E-state index < -0.39 is 58.2 Å². The molecule has 38 heavy (non-hydrogen) atoms. The Labute approximate surface area is 215 Å². The number of aromatic nitrogens is 1. The van der Waals surface area contributed by atoms with Crippen LogP contribution in [-0.4, -0.2) is 45.2 Å². The molecule has 1 aliphatic heterocycles. The van der Waals surface area contributed by atoms with Crippen LogP contribution in [0.4, 0.5) is 22.0 Å². The van der Waals surface area contributed by atoms with Gasteiger partial charge in [-0.25, -0.2) is 8.78 Å². The third-order valence-corrected chi connectivity index (χ3v) is 7.18. The van der Waals surface area contributed by atoms with Crippen molar-refractivity contribution in [2.75, 3.05) is 0 Å². The normalized spacial score (nSPS) is 21.1. The third kappa shape index (κ3) is 5.34. The number of likely N-dealkylation sites (tertiary alicyclic amines) is 1. The summed E-state index contributed by atoms with van der Waals surface area (Å²) in [5.41, 5.74) is -3.47. The average Bonchev–Trinajstić information content (AvgIpc) is 3.56. The fraction of sp³-hybridized carbons (Fsp3) is 0.462. The lowest BCUT2D eigenvalue weighted by atomic mass is 10.0. The van der Waals surface area contributed by atoms with Gasteiger partial charge >= 0.3 is 6.18 Å². The fourth-order valence-electron chi connectivity index (χ4n) is 4.75. The molecule has 0 spiro atoms. The number of benzene rings is 1. The number of hydrogen-bond acceptors (Lipinski definition) is 4. The average molecular weight is 539 g/mol. The minimum atomic E-state index is -4.70. The van der Waals surface area contributed by atoms with E-state index in [9.17, 15) is 36.3 Å². The number of halogens is 5. The maximum Gasteiger partial charge on any atom is 0.417 e. The highest BCUT2D eigenvalue weighted by atomic mass is 19.4. The Morgan fingerprint density at radius 1 is 1.03 bits per heavy atom. The molecule has 1 saturated heterocycles. The van der Waals surface area contributed by atoms with Crippen LogP contribution in [0, 0.1) is 11.6 Å². The lowest BCUT2D eigenvalue weighted by molar-refractivity contribution is -0.137. The van der Waals surface area contributed by atoms with Gasteiger partial charge in [0, 0.05) is 30.0 Å². The number of hydrogen-bond donors (Lipinski definition) is 2. The van der Waals surface area contributed by atoms with Gasteiger partial charge in [0.15, 0.2) is 0 Å². The molecule has 1 aliphatic carbocycles. The second-order valence-electron chi connectivity index (χ2n) is 10.0. The van der Waals surface area contributed by atoms with Crippen LogP contribution in [0.15, 0.2) is 30.6 Å². The lowest BCUT2D eigenvalue weighted by Crippen LogP contribution is -2.49. The zero-order valence-electron chi connectivity index (χ0n) is 21.0. The molecule has 0 radical (unpaired) electrons. The maximum absolute atomic E-state index is 15.0. The fourth-order valence-corrected chi connectivity index (χ4v) is 4.75. The van der Waals surface area contributed by atoms with Crippen molar-refractivity contribution in [2.45, 2.75) is 76.3 Å². The number of alkyl halides is 3. The van der Waals surface area contributed by atoms with Crippen molar-refractivity contribution >= 4 is 17.7 Å². The summed E-state index contributed by atoms with van der Waals surface area (Å²) in [4.78, 5) is 43.3. The summed E-state index contributed by atoms with van der Waals surface area (Å²) in [5.74, 6) is -4.03. The molecular formula is C26H27F5N4O3. The predicted molar refractivity (Wildman–Crippen MR) is 126 cm³/mol. The van der Waals surface area contributed by atoms with E-state index >= 15 is 0 Å². The van der Waals surface area contributed by atoms with Crippen LogP contribution in [0.1, 0.15) is 84.3 Å². The number of carbonyl (C=O) groups is 3. The Hall–Kier alpha value is -3.57. The standard InChI is InChI=1S/C26H27F5N4O3/c1-13-4-5-14(2)35(13)23(37)19-10-20(27)18(9-21(19)28)15(3)33-24(38)25(6-7-25)34-22(36)16-8-17(12-32-11-16)26(29,30)31/h8-15H,4-7H2,1-3H3,(H,33,38)(H,34,36)/t13?,14?,15-/m1/s1.